The van der Waals surface area contributed by atoms with Gasteiger partial charge >= 0.3 is 6.18 Å². The zero-order chi connectivity index (χ0) is 11.7. The van der Waals surface area contributed by atoms with E-state index in [-0.39, 0.29) is 0 Å². The molecule has 1 N–H and O–H groups in total. The number of hydrogen-bond donors (Lipinski definition) is 1. The highest BCUT2D eigenvalue weighted by Crippen LogP contribution is 2.32. The first-order valence-corrected chi connectivity index (χ1v) is 4.64. The molecule has 0 fully saturated rings. The smallest absolute Gasteiger partial charge is 0.380 e. The lowest BCUT2D eigenvalue weighted by molar-refractivity contribution is -0.252. The molecule has 1 atom stereocenters. The van der Waals surface area contributed by atoms with Crippen LogP contribution in [0.5, 0.6) is 0 Å². The van der Waals surface area contributed by atoms with Crippen molar-refractivity contribution in [1.82, 2.24) is 0 Å². The van der Waals surface area contributed by atoms with E-state index in [4.69, 9.17) is 11.6 Å². The van der Waals surface area contributed by atoms with Crippen LogP contribution in [0.1, 0.15) is 12.5 Å². The third kappa shape index (κ3) is 3.11. The number of hydrogen-bond acceptors (Lipinski definition) is 1. The van der Waals surface area contributed by atoms with Crippen LogP contribution in [0, 0.1) is 0 Å². The van der Waals surface area contributed by atoms with Gasteiger partial charge in [-0.05, 0) is 24.6 Å². The summed E-state index contributed by atoms with van der Waals surface area (Å²) in [5.74, 6) is 0. The van der Waals surface area contributed by atoms with Crippen molar-refractivity contribution < 1.29 is 18.3 Å². The lowest BCUT2D eigenvalue weighted by Crippen LogP contribution is -2.44. The van der Waals surface area contributed by atoms with Gasteiger partial charge in [0.05, 0.1) is 0 Å². The van der Waals surface area contributed by atoms with Crippen LogP contribution in [-0.4, -0.2) is 16.9 Å². The summed E-state index contributed by atoms with van der Waals surface area (Å²) in [6.07, 6.45) is -5.11. The molecule has 0 spiro atoms. The third-order valence-corrected chi connectivity index (χ3v) is 2.32. The highest BCUT2D eigenvalue weighted by molar-refractivity contribution is 6.30. The molecule has 1 unspecified atom stereocenters. The molecule has 0 saturated heterocycles. The van der Waals surface area contributed by atoms with Gasteiger partial charge in [-0.2, -0.15) is 13.2 Å². The van der Waals surface area contributed by atoms with Crippen molar-refractivity contribution in [3.05, 3.63) is 34.9 Å². The number of aliphatic hydroxyl groups is 1. The van der Waals surface area contributed by atoms with E-state index in [0.717, 1.165) is 6.92 Å². The Labute approximate surface area is 90.5 Å². The van der Waals surface area contributed by atoms with Gasteiger partial charge in [0.15, 0.2) is 5.60 Å². The molecule has 0 heterocycles. The second-order valence-electron chi connectivity index (χ2n) is 3.57. The first-order valence-electron chi connectivity index (χ1n) is 4.26. The summed E-state index contributed by atoms with van der Waals surface area (Å²) in [6, 6.07) is 5.90. The number of benzene rings is 1. The summed E-state index contributed by atoms with van der Waals surface area (Å²) >= 11 is 5.59. The van der Waals surface area contributed by atoms with Crippen molar-refractivity contribution in [3.8, 4) is 0 Å². The molecule has 0 aliphatic heterocycles. The van der Waals surface area contributed by atoms with E-state index >= 15 is 0 Å². The van der Waals surface area contributed by atoms with Gasteiger partial charge in [0.2, 0.25) is 0 Å². The second-order valence-corrected chi connectivity index (χ2v) is 4.01. The first-order chi connectivity index (χ1) is 6.72. The van der Waals surface area contributed by atoms with Crippen LogP contribution in [0.4, 0.5) is 13.2 Å². The van der Waals surface area contributed by atoms with Crippen molar-refractivity contribution in [2.24, 2.45) is 0 Å². The van der Waals surface area contributed by atoms with Crippen molar-refractivity contribution >= 4 is 11.6 Å². The molecule has 0 radical (unpaired) electrons. The Hall–Kier alpha value is -0.740. The minimum atomic E-state index is -4.63. The van der Waals surface area contributed by atoms with Crippen LogP contribution in [-0.2, 0) is 6.42 Å². The molecule has 5 heteroatoms. The minimum Gasteiger partial charge on any atom is -0.380 e. The van der Waals surface area contributed by atoms with Gasteiger partial charge in [0.25, 0.3) is 0 Å². The van der Waals surface area contributed by atoms with Gasteiger partial charge in [0.1, 0.15) is 0 Å². The SMILES string of the molecule is CC(O)(Cc1ccc(Cl)cc1)C(F)(F)F. The molecule has 1 aromatic rings. The molecule has 0 amide bonds. The van der Waals surface area contributed by atoms with Crippen LogP contribution in [0.2, 0.25) is 5.02 Å². The van der Waals surface area contributed by atoms with Crippen LogP contribution in [0.3, 0.4) is 0 Å². The van der Waals surface area contributed by atoms with Crippen LogP contribution < -0.4 is 0 Å². The first kappa shape index (κ1) is 12.3. The molecule has 0 aliphatic carbocycles. The fourth-order valence-electron chi connectivity index (χ4n) is 1.10. The Bertz CT molecular complexity index is 330. The largest absolute Gasteiger partial charge is 0.417 e. The maximum absolute atomic E-state index is 12.3. The van der Waals surface area contributed by atoms with Crippen molar-refractivity contribution in [1.29, 1.82) is 0 Å². The highest BCUT2D eigenvalue weighted by Gasteiger charge is 2.49. The van der Waals surface area contributed by atoms with Gasteiger partial charge < -0.3 is 5.11 Å². The summed E-state index contributed by atoms with van der Waals surface area (Å²) in [7, 11) is 0. The average molecular weight is 239 g/mol. The summed E-state index contributed by atoms with van der Waals surface area (Å²) in [4.78, 5) is 0. The van der Waals surface area contributed by atoms with E-state index < -0.39 is 18.2 Å². The summed E-state index contributed by atoms with van der Waals surface area (Å²) in [5, 5.41) is 9.67. The third-order valence-electron chi connectivity index (χ3n) is 2.07. The molecule has 0 saturated carbocycles. The molecule has 0 aromatic heterocycles. The Morgan fingerprint density at radius 2 is 1.67 bits per heavy atom. The summed E-state index contributed by atoms with van der Waals surface area (Å²) in [5.41, 5.74) is -2.32. The highest BCUT2D eigenvalue weighted by atomic mass is 35.5. The van der Waals surface area contributed by atoms with Crippen LogP contribution >= 0.6 is 11.6 Å². The number of alkyl halides is 3. The van der Waals surface area contributed by atoms with Gasteiger partial charge in [-0.15, -0.1) is 0 Å². The van der Waals surface area contributed by atoms with Crippen molar-refractivity contribution in [3.63, 3.8) is 0 Å². The minimum absolute atomic E-state index is 0.390. The molecule has 1 aromatic carbocycles. The zero-order valence-corrected chi connectivity index (χ0v) is 8.73. The lowest BCUT2D eigenvalue weighted by atomic mass is 9.96. The van der Waals surface area contributed by atoms with Crippen molar-refractivity contribution in [2.45, 2.75) is 25.1 Å². The summed E-state index contributed by atoms with van der Waals surface area (Å²) < 4.78 is 37.0. The van der Waals surface area contributed by atoms with Crippen molar-refractivity contribution in [2.75, 3.05) is 0 Å². The predicted molar refractivity (Wildman–Crippen MR) is 51.8 cm³/mol. The molecule has 1 rings (SSSR count). The lowest BCUT2D eigenvalue weighted by Gasteiger charge is -2.26. The summed E-state index contributed by atoms with van der Waals surface area (Å²) in [6.45, 7) is 0.752. The Morgan fingerprint density at radius 1 is 1.20 bits per heavy atom. The molecule has 84 valence electrons. The number of halogens is 4. The molecule has 0 aliphatic rings. The van der Waals surface area contributed by atoms with E-state index in [2.05, 4.69) is 0 Å². The van der Waals surface area contributed by atoms with Gasteiger partial charge in [0, 0.05) is 11.4 Å². The number of rotatable bonds is 2. The van der Waals surface area contributed by atoms with E-state index in [1.54, 1.807) is 0 Å². The molecule has 1 nitrogen and oxygen atoms in total. The molecule has 0 bridgehead atoms. The monoisotopic (exact) mass is 238 g/mol. The Kier molecular flexibility index (Phi) is 3.31. The maximum atomic E-state index is 12.3. The molecule has 15 heavy (non-hydrogen) atoms. The Morgan fingerprint density at radius 3 is 2.07 bits per heavy atom. The van der Waals surface area contributed by atoms with Crippen LogP contribution in [0.15, 0.2) is 24.3 Å². The van der Waals surface area contributed by atoms with E-state index in [0.29, 0.717) is 10.6 Å². The topological polar surface area (TPSA) is 20.2 Å². The van der Waals surface area contributed by atoms with Gasteiger partial charge in [-0.25, -0.2) is 0 Å². The predicted octanol–water partition coefficient (Wildman–Crippen LogP) is 3.20. The maximum Gasteiger partial charge on any atom is 0.417 e. The second kappa shape index (κ2) is 4.02. The zero-order valence-electron chi connectivity index (χ0n) is 7.98. The normalized spacial score (nSPS) is 16.1. The fraction of sp³-hybridized carbons (Fsp3) is 0.400. The fourth-order valence-corrected chi connectivity index (χ4v) is 1.23. The van der Waals surface area contributed by atoms with E-state index in [1.165, 1.54) is 24.3 Å². The van der Waals surface area contributed by atoms with E-state index in [1.807, 2.05) is 0 Å². The van der Waals surface area contributed by atoms with Gasteiger partial charge in [-0.3, -0.25) is 0 Å². The van der Waals surface area contributed by atoms with Gasteiger partial charge in [-0.1, -0.05) is 23.7 Å². The Balaban J connectivity index is 2.82. The van der Waals surface area contributed by atoms with E-state index in [9.17, 15) is 18.3 Å². The van der Waals surface area contributed by atoms with Crippen LogP contribution in [0.25, 0.3) is 0 Å². The average Bonchev–Trinajstić information content (AvgIpc) is 2.06. The standard InChI is InChI=1S/C10H10ClF3O/c1-9(15,10(12,13)14)6-7-2-4-8(11)5-3-7/h2-5,15H,6H2,1H3. The molecular formula is C10H10ClF3O. The quantitative estimate of drug-likeness (QED) is 0.839. The molecular weight excluding hydrogens is 229 g/mol.